The molecule has 0 aliphatic carbocycles. The maximum atomic E-state index is 6.44. The summed E-state index contributed by atoms with van der Waals surface area (Å²) in [5.41, 5.74) is 2.91. The molecule has 2 aromatic heterocycles. The van der Waals surface area contributed by atoms with Crippen LogP contribution in [0.1, 0.15) is 19.5 Å². The van der Waals surface area contributed by atoms with Gasteiger partial charge in [0.1, 0.15) is 5.52 Å². The van der Waals surface area contributed by atoms with Gasteiger partial charge in [0.2, 0.25) is 5.95 Å². The summed E-state index contributed by atoms with van der Waals surface area (Å²) >= 11 is 12.5. The summed E-state index contributed by atoms with van der Waals surface area (Å²) in [6.45, 7) is 4.90. The van der Waals surface area contributed by atoms with Crippen molar-refractivity contribution in [3.8, 4) is 0 Å². The number of hydrogen-bond donors (Lipinski definition) is 0. The molecule has 0 radical (unpaired) electrons. The van der Waals surface area contributed by atoms with Gasteiger partial charge in [-0.15, -0.1) is 0 Å². The third-order valence-electron chi connectivity index (χ3n) is 4.11. The van der Waals surface area contributed by atoms with Crippen LogP contribution in [0.4, 0.5) is 17.5 Å². The Hall–Kier alpha value is -1.98. The molecule has 0 spiro atoms. The molecule has 0 saturated carbocycles. The normalized spacial score (nSPS) is 11.1. The van der Waals surface area contributed by atoms with Crippen LogP contribution in [0.5, 0.6) is 0 Å². The molecule has 7 heteroatoms. The number of anilines is 3. The second kappa shape index (κ2) is 7.10. The Kier molecular flexibility index (Phi) is 5.06. The Labute approximate surface area is 157 Å². The van der Waals surface area contributed by atoms with Crippen molar-refractivity contribution in [3.63, 3.8) is 0 Å². The molecule has 0 bridgehead atoms. The number of aromatic nitrogens is 3. The van der Waals surface area contributed by atoms with Gasteiger partial charge in [0, 0.05) is 38.1 Å². The zero-order valence-electron chi connectivity index (χ0n) is 14.8. The molecule has 0 amide bonds. The lowest BCUT2D eigenvalue weighted by Gasteiger charge is -2.23. The van der Waals surface area contributed by atoms with Crippen molar-refractivity contribution >= 4 is 46.2 Å². The average Bonchev–Trinajstić information content (AvgIpc) is 2.96. The van der Waals surface area contributed by atoms with Crippen molar-refractivity contribution < 1.29 is 0 Å². The lowest BCUT2D eigenvalue weighted by molar-refractivity contribution is 0.931. The van der Waals surface area contributed by atoms with E-state index in [1.54, 1.807) is 12.3 Å². The summed E-state index contributed by atoms with van der Waals surface area (Å²) in [5.74, 6) is 1.72. The zero-order valence-corrected chi connectivity index (χ0v) is 16.3. The van der Waals surface area contributed by atoms with Crippen LogP contribution >= 0.6 is 23.2 Å². The maximum Gasteiger partial charge on any atom is 0.215 e. The van der Waals surface area contributed by atoms with E-state index in [-0.39, 0.29) is 0 Å². The van der Waals surface area contributed by atoms with Crippen molar-refractivity contribution in [2.24, 2.45) is 0 Å². The number of hydrogen-bond acceptors (Lipinski definition) is 4. The monoisotopic (exact) mass is 377 g/mol. The summed E-state index contributed by atoms with van der Waals surface area (Å²) in [6, 6.07) is 5.52. The number of imidazole rings is 1. The predicted octanol–water partition coefficient (Wildman–Crippen LogP) is 4.82. The van der Waals surface area contributed by atoms with Gasteiger partial charge in [-0.2, -0.15) is 0 Å². The van der Waals surface area contributed by atoms with Gasteiger partial charge < -0.3 is 9.80 Å². The fourth-order valence-corrected chi connectivity index (χ4v) is 3.47. The molecule has 0 atom stereocenters. The summed E-state index contributed by atoms with van der Waals surface area (Å²) in [5, 5.41) is 1.22. The number of rotatable bonds is 5. The first-order valence-electron chi connectivity index (χ1n) is 8.23. The van der Waals surface area contributed by atoms with Gasteiger partial charge in [0.05, 0.1) is 16.4 Å². The Morgan fingerprint density at radius 1 is 1.16 bits per heavy atom. The van der Waals surface area contributed by atoms with Gasteiger partial charge >= 0.3 is 0 Å². The summed E-state index contributed by atoms with van der Waals surface area (Å²) in [6.07, 6.45) is 4.56. The molecule has 0 aliphatic heterocycles. The van der Waals surface area contributed by atoms with Crippen LogP contribution < -0.4 is 9.80 Å². The molecule has 25 heavy (non-hydrogen) atoms. The van der Waals surface area contributed by atoms with E-state index in [1.165, 1.54) is 0 Å². The minimum atomic E-state index is 0.603. The summed E-state index contributed by atoms with van der Waals surface area (Å²) in [4.78, 5) is 13.5. The van der Waals surface area contributed by atoms with Crippen LogP contribution in [0.2, 0.25) is 10.0 Å². The Balaban J connectivity index is 2.25. The minimum absolute atomic E-state index is 0.603. The molecule has 0 unspecified atom stereocenters. The zero-order chi connectivity index (χ0) is 18.1. The molecule has 5 nitrogen and oxygen atoms in total. The SMILES string of the molecule is CCc1nc(N(CC)c2ccc(Cl)cc2Cl)n2ccnc(N(C)C)c12. The van der Waals surface area contributed by atoms with Crippen LogP contribution in [0, 0.1) is 0 Å². The smallest absolute Gasteiger partial charge is 0.215 e. The fourth-order valence-electron chi connectivity index (χ4n) is 2.96. The van der Waals surface area contributed by atoms with Crippen LogP contribution in [0.15, 0.2) is 30.6 Å². The Morgan fingerprint density at radius 2 is 1.92 bits per heavy atom. The molecule has 3 rings (SSSR count). The van der Waals surface area contributed by atoms with Gasteiger partial charge in [0.25, 0.3) is 0 Å². The minimum Gasteiger partial charge on any atom is -0.361 e. The van der Waals surface area contributed by atoms with E-state index in [9.17, 15) is 0 Å². The molecular formula is C18H21Cl2N5. The van der Waals surface area contributed by atoms with Gasteiger partial charge in [-0.1, -0.05) is 30.1 Å². The first-order valence-corrected chi connectivity index (χ1v) is 8.99. The predicted molar refractivity (Wildman–Crippen MR) is 106 cm³/mol. The van der Waals surface area contributed by atoms with Gasteiger partial charge in [-0.3, -0.25) is 4.40 Å². The van der Waals surface area contributed by atoms with Crippen molar-refractivity contribution in [1.29, 1.82) is 0 Å². The molecule has 132 valence electrons. The lowest BCUT2D eigenvalue weighted by atomic mass is 10.3. The topological polar surface area (TPSA) is 36.7 Å². The van der Waals surface area contributed by atoms with Crippen LogP contribution in [0.25, 0.3) is 5.52 Å². The molecule has 0 saturated heterocycles. The highest BCUT2D eigenvalue weighted by Gasteiger charge is 2.21. The van der Waals surface area contributed by atoms with Crippen LogP contribution in [-0.2, 0) is 6.42 Å². The second-order valence-electron chi connectivity index (χ2n) is 5.92. The molecule has 0 aliphatic rings. The summed E-state index contributed by atoms with van der Waals surface area (Å²) < 4.78 is 2.08. The highest BCUT2D eigenvalue weighted by atomic mass is 35.5. The maximum absolute atomic E-state index is 6.44. The van der Waals surface area contributed by atoms with E-state index in [2.05, 4.69) is 28.1 Å². The van der Waals surface area contributed by atoms with Gasteiger partial charge in [-0.05, 0) is 31.5 Å². The number of halogens is 2. The van der Waals surface area contributed by atoms with E-state index in [0.29, 0.717) is 10.0 Å². The fraction of sp³-hybridized carbons (Fsp3) is 0.333. The van der Waals surface area contributed by atoms with E-state index >= 15 is 0 Å². The van der Waals surface area contributed by atoms with E-state index < -0.39 is 0 Å². The van der Waals surface area contributed by atoms with Crippen molar-refractivity contribution in [2.75, 3.05) is 30.4 Å². The molecule has 1 aromatic carbocycles. The molecule has 0 fully saturated rings. The van der Waals surface area contributed by atoms with E-state index in [4.69, 9.17) is 28.2 Å². The molecular weight excluding hydrogens is 357 g/mol. The standard InChI is InChI=1S/C18H21Cl2N5/c1-5-14-16-17(23(3)4)21-9-10-25(16)18(22-14)24(6-2)15-8-7-12(19)11-13(15)20/h7-11H,5-6H2,1-4H3. The summed E-state index contributed by atoms with van der Waals surface area (Å²) in [7, 11) is 3.98. The van der Waals surface area contributed by atoms with E-state index in [1.807, 2.05) is 37.3 Å². The van der Waals surface area contributed by atoms with Crippen molar-refractivity contribution in [3.05, 3.63) is 46.3 Å². The van der Waals surface area contributed by atoms with Crippen LogP contribution in [-0.4, -0.2) is 35.0 Å². The highest BCUT2D eigenvalue weighted by molar-refractivity contribution is 6.36. The third kappa shape index (κ3) is 3.14. The molecule has 3 aromatic rings. The molecule has 0 N–H and O–H groups in total. The number of fused-ring (bicyclic) bond motifs is 1. The van der Waals surface area contributed by atoms with Gasteiger partial charge in [-0.25, -0.2) is 9.97 Å². The Morgan fingerprint density at radius 3 is 2.52 bits per heavy atom. The highest BCUT2D eigenvalue weighted by Crippen LogP contribution is 2.35. The number of nitrogens with zero attached hydrogens (tertiary/aromatic N) is 5. The van der Waals surface area contributed by atoms with Crippen molar-refractivity contribution in [2.45, 2.75) is 20.3 Å². The van der Waals surface area contributed by atoms with E-state index in [0.717, 1.165) is 41.6 Å². The first kappa shape index (κ1) is 17.8. The lowest BCUT2D eigenvalue weighted by Crippen LogP contribution is -2.19. The second-order valence-corrected chi connectivity index (χ2v) is 6.76. The van der Waals surface area contributed by atoms with Gasteiger partial charge in [0.15, 0.2) is 5.82 Å². The van der Waals surface area contributed by atoms with Crippen LogP contribution in [0.3, 0.4) is 0 Å². The van der Waals surface area contributed by atoms with Crippen molar-refractivity contribution in [1.82, 2.24) is 14.4 Å². The first-order chi connectivity index (χ1) is 12.0. The quantitative estimate of drug-likeness (QED) is 0.638. The average molecular weight is 378 g/mol. The Bertz CT molecular complexity index is 904. The number of aryl methyl sites for hydroxylation is 1. The largest absolute Gasteiger partial charge is 0.361 e. The third-order valence-corrected chi connectivity index (χ3v) is 4.64. The molecule has 2 heterocycles. The number of benzene rings is 1.